The van der Waals surface area contributed by atoms with Gasteiger partial charge in [0.2, 0.25) is 6.23 Å². The summed E-state index contributed by atoms with van der Waals surface area (Å²) in [5.74, 6) is -0.370. The SMILES string of the molecule is CC(C)(C)C(OC(=O)c1ccccc1)n1nnc2ccccc21. The molecule has 23 heavy (non-hydrogen) atoms. The van der Waals surface area contributed by atoms with Crippen LogP contribution in [-0.2, 0) is 4.74 Å². The van der Waals surface area contributed by atoms with Crippen LogP contribution in [-0.4, -0.2) is 21.0 Å². The maximum Gasteiger partial charge on any atom is 0.340 e. The zero-order chi connectivity index (χ0) is 16.4. The lowest BCUT2D eigenvalue weighted by molar-refractivity contribution is -0.0434. The van der Waals surface area contributed by atoms with Crippen LogP contribution >= 0.6 is 0 Å². The monoisotopic (exact) mass is 309 g/mol. The van der Waals surface area contributed by atoms with Gasteiger partial charge in [-0.25, -0.2) is 9.48 Å². The summed E-state index contributed by atoms with van der Waals surface area (Å²) in [4.78, 5) is 12.4. The number of hydrogen-bond donors (Lipinski definition) is 0. The molecule has 0 radical (unpaired) electrons. The van der Waals surface area contributed by atoms with E-state index >= 15 is 0 Å². The molecule has 0 saturated carbocycles. The fourth-order valence-electron chi connectivity index (χ4n) is 2.40. The van der Waals surface area contributed by atoms with Gasteiger partial charge in [0.05, 0.1) is 11.1 Å². The Hall–Kier alpha value is -2.69. The van der Waals surface area contributed by atoms with Gasteiger partial charge in [0.15, 0.2) is 0 Å². The van der Waals surface area contributed by atoms with E-state index in [2.05, 4.69) is 10.3 Å². The molecule has 118 valence electrons. The number of carbonyl (C=O) groups is 1. The molecule has 5 nitrogen and oxygen atoms in total. The van der Waals surface area contributed by atoms with E-state index in [1.807, 2.05) is 63.2 Å². The number of para-hydroxylation sites is 1. The molecule has 0 amide bonds. The number of aromatic nitrogens is 3. The van der Waals surface area contributed by atoms with Crippen LogP contribution < -0.4 is 0 Å². The van der Waals surface area contributed by atoms with Gasteiger partial charge in [-0.05, 0) is 24.3 Å². The van der Waals surface area contributed by atoms with E-state index in [0.29, 0.717) is 5.56 Å². The standard InChI is InChI=1S/C18H19N3O2/c1-18(2,3)17(23-16(22)13-9-5-4-6-10-13)21-15-12-8-7-11-14(15)19-20-21/h4-12,17H,1-3H3. The van der Waals surface area contributed by atoms with Crippen LogP contribution in [0.1, 0.15) is 37.4 Å². The van der Waals surface area contributed by atoms with Crippen LogP contribution in [0.25, 0.3) is 11.0 Å². The minimum Gasteiger partial charge on any atom is -0.435 e. The highest BCUT2D eigenvalue weighted by molar-refractivity contribution is 5.89. The Labute approximate surface area is 134 Å². The second kappa shape index (κ2) is 5.83. The number of benzene rings is 2. The average molecular weight is 309 g/mol. The predicted octanol–water partition coefficient (Wildman–Crippen LogP) is 3.83. The highest BCUT2D eigenvalue weighted by Crippen LogP contribution is 2.33. The molecule has 3 aromatic rings. The zero-order valence-corrected chi connectivity index (χ0v) is 13.4. The Kier molecular flexibility index (Phi) is 3.86. The summed E-state index contributed by atoms with van der Waals surface area (Å²) in [6.07, 6.45) is -0.553. The summed E-state index contributed by atoms with van der Waals surface area (Å²) in [6.45, 7) is 6.02. The molecule has 1 atom stereocenters. The number of carbonyl (C=O) groups excluding carboxylic acids is 1. The molecule has 0 N–H and O–H groups in total. The maximum absolute atomic E-state index is 12.4. The molecule has 3 rings (SSSR count). The van der Waals surface area contributed by atoms with Gasteiger partial charge in [-0.3, -0.25) is 0 Å². The molecule has 1 heterocycles. The van der Waals surface area contributed by atoms with Crippen LogP contribution in [0.15, 0.2) is 54.6 Å². The zero-order valence-electron chi connectivity index (χ0n) is 13.4. The number of esters is 1. The quantitative estimate of drug-likeness (QED) is 0.690. The molecule has 2 aromatic carbocycles. The summed E-state index contributed by atoms with van der Waals surface area (Å²) >= 11 is 0. The van der Waals surface area contributed by atoms with Crippen molar-refractivity contribution in [1.29, 1.82) is 0 Å². The first-order chi connectivity index (χ1) is 11.0. The van der Waals surface area contributed by atoms with Crippen molar-refractivity contribution in [2.45, 2.75) is 27.0 Å². The smallest absolute Gasteiger partial charge is 0.340 e. The van der Waals surface area contributed by atoms with Crippen molar-refractivity contribution in [2.24, 2.45) is 5.41 Å². The number of fused-ring (bicyclic) bond motifs is 1. The first kappa shape index (κ1) is 15.2. The molecule has 5 heteroatoms. The van der Waals surface area contributed by atoms with Crippen molar-refractivity contribution in [3.05, 3.63) is 60.2 Å². The fraction of sp³-hybridized carbons (Fsp3) is 0.278. The van der Waals surface area contributed by atoms with Gasteiger partial charge in [-0.1, -0.05) is 56.3 Å². The number of rotatable bonds is 3. The van der Waals surface area contributed by atoms with Crippen molar-refractivity contribution in [1.82, 2.24) is 15.0 Å². The second-order valence-corrected chi connectivity index (χ2v) is 6.51. The Morgan fingerprint density at radius 1 is 1.04 bits per heavy atom. The first-order valence-electron chi connectivity index (χ1n) is 7.53. The molecule has 0 spiro atoms. The Bertz CT molecular complexity index is 819. The molecular formula is C18H19N3O2. The van der Waals surface area contributed by atoms with Crippen LogP contribution in [0.3, 0.4) is 0 Å². The average Bonchev–Trinajstić information content (AvgIpc) is 2.96. The van der Waals surface area contributed by atoms with E-state index in [1.165, 1.54) is 0 Å². The Morgan fingerprint density at radius 3 is 2.39 bits per heavy atom. The van der Waals surface area contributed by atoms with Crippen LogP contribution in [0.2, 0.25) is 0 Å². The Balaban J connectivity index is 1.98. The van der Waals surface area contributed by atoms with Gasteiger partial charge >= 0.3 is 5.97 Å². The van der Waals surface area contributed by atoms with Gasteiger partial charge in [-0.15, -0.1) is 5.10 Å². The van der Waals surface area contributed by atoms with Gasteiger partial charge in [0, 0.05) is 5.41 Å². The number of ether oxygens (including phenoxy) is 1. The summed E-state index contributed by atoms with van der Waals surface area (Å²) in [5.41, 5.74) is 1.80. The molecule has 0 saturated heterocycles. The maximum atomic E-state index is 12.4. The van der Waals surface area contributed by atoms with Gasteiger partial charge in [0.25, 0.3) is 0 Å². The molecule has 0 bridgehead atoms. The van der Waals surface area contributed by atoms with Crippen molar-refractivity contribution in [3.8, 4) is 0 Å². The largest absolute Gasteiger partial charge is 0.435 e. The minimum absolute atomic E-state index is 0.332. The minimum atomic E-state index is -0.553. The fourth-order valence-corrected chi connectivity index (χ4v) is 2.40. The molecule has 0 aliphatic carbocycles. The summed E-state index contributed by atoms with van der Waals surface area (Å²) < 4.78 is 7.45. The summed E-state index contributed by atoms with van der Waals surface area (Å²) in [6, 6.07) is 16.6. The lowest BCUT2D eigenvalue weighted by atomic mass is 9.94. The summed E-state index contributed by atoms with van der Waals surface area (Å²) in [5, 5.41) is 8.35. The molecule has 0 aliphatic rings. The van der Waals surface area contributed by atoms with Crippen molar-refractivity contribution >= 4 is 17.0 Å². The molecule has 1 aromatic heterocycles. The third-order valence-electron chi connectivity index (χ3n) is 3.57. The van der Waals surface area contributed by atoms with Crippen molar-refractivity contribution in [3.63, 3.8) is 0 Å². The van der Waals surface area contributed by atoms with Crippen molar-refractivity contribution < 1.29 is 9.53 Å². The van der Waals surface area contributed by atoms with E-state index in [1.54, 1.807) is 16.8 Å². The predicted molar refractivity (Wildman–Crippen MR) is 87.9 cm³/mol. The second-order valence-electron chi connectivity index (χ2n) is 6.51. The molecule has 1 unspecified atom stereocenters. The van der Waals surface area contributed by atoms with E-state index < -0.39 is 6.23 Å². The topological polar surface area (TPSA) is 57.0 Å². The first-order valence-corrected chi connectivity index (χ1v) is 7.53. The number of nitrogens with zero attached hydrogens (tertiary/aromatic N) is 3. The molecular weight excluding hydrogens is 290 g/mol. The van der Waals surface area contributed by atoms with Crippen LogP contribution in [0, 0.1) is 5.41 Å². The van der Waals surface area contributed by atoms with Crippen LogP contribution in [0.5, 0.6) is 0 Å². The van der Waals surface area contributed by atoms with Crippen LogP contribution in [0.4, 0.5) is 0 Å². The lowest BCUT2D eigenvalue weighted by Crippen LogP contribution is -2.30. The third-order valence-corrected chi connectivity index (χ3v) is 3.57. The van der Waals surface area contributed by atoms with E-state index in [0.717, 1.165) is 11.0 Å². The summed E-state index contributed by atoms with van der Waals surface area (Å²) in [7, 11) is 0. The molecule has 0 fully saturated rings. The van der Waals surface area contributed by atoms with Gasteiger partial charge in [-0.2, -0.15) is 0 Å². The van der Waals surface area contributed by atoms with E-state index in [4.69, 9.17) is 4.74 Å². The normalized spacial score (nSPS) is 13.0. The van der Waals surface area contributed by atoms with Gasteiger partial charge in [0.1, 0.15) is 5.52 Å². The lowest BCUT2D eigenvalue weighted by Gasteiger charge is -2.30. The van der Waals surface area contributed by atoms with Crippen molar-refractivity contribution in [2.75, 3.05) is 0 Å². The van der Waals surface area contributed by atoms with Gasteiger partial charge < -0.3 is 4.74 Å². The highest BCUT2D eigenvalue weighted by Gasteiger charge is 2.32. The number of hydrogen-bond acceptors (Lipinski definition) is 4. The molecule has 0 aliphatic heterocycles. The Morgan fingerprint density at radius 2 is 1.70 bits per heavy atom. The highest BCUT2D eigenvalue weighted by atomic mass is 16.6. The third kappa shape index (κ3) is 3.08. The van der Waals surface area contributed by atoms with E-state index in [9.17, 15) is 4.79 Å². The van der Waals surface area contributed by atoms with E-state index in [-0.39, 0.29) is 11.4 Å².